The molecule has 0 fully saturated rings. The lowest BCUT2D eigenvalue weighted by atomic mass is 10.1. The molecule has 0 saturated carbocycles. The van der Waals surface area contributed by atoms with Gasteiger partial charge in [-0.15, -0.1) is 10.2 Å². The molecule has 0 saturated heterocycles. The summed E-state index contributed by atoms with van der Waals surface area (Å²) in [6.07, 6.45) is 1.96. The van der Waals surface area contributed by atoms with Crippen LogP contribution in [0.3, 0.4) is 0 Å². The first-order valence-electron chi connectivity index (χ1n) is 6.84. The maximum Gasteiger partial charge on any atom is 0.268 e. The molecule has 1 amide bonds. The molecule has 1 aromatic heterocycles. The second-order valence-corrected chi connectivity index (χ2v) is 5.63. The highest BCUT2D eigenvalue weighted by molar-refractivity contribution is 7.15. The molecular weight excluding hydrogens is 332 g/mol. The lowest BCUT2D eigenvalue weighted by Gasteiger charge is -2.07. The van der Waals surface area contributed by atoms with Crippen LogP contribution in [0.4, 0.5) is 5.13 Å². The number of anilines is 1. The van der Waals surface area contributed by atoms with Gasteiger partial charge in [0.15, 0.2) is 11.5 Å². The SMILES string of the molecule is CCc1nnc(NC(=O)C(C#N)=Cc2cc(O)c(O)c(OC)c2)s1. The van der Waals surface area contributed by atoms with E-state index in [9.17, 15) is 20.3 Å². The van der Waals surface area contributed by atoms with Gasteiger partial charge in [-0.1, -0.05) is 18.3 Å². The minimum Gasteiger partial charge on any atom is -0.504 e. The van der Waals surface area contributed by atoms with Crippen LogP contribution >= 0.6 is 11.3 Å². The molecule has 0 aliphatic rings. The molecule has 1 heterocycles. The maximum atomic E-state index is 12.1. The standard InChI is InChI=1S/C15H14N4O4S/c1-3-12-18-19-15(24-12)17-14(22)9(7-16)4-8-5-10(20)13(21)11(6-8)23-2/h4-6,20-21H,3H2,1-2H3,(H,17,19,22). The zero-order valence-corrected chi connectivity index (χ0v) is 13.7. The van der Waals surface area contributed by atoms with Crippen LogP contribution in [0.2, 0.25) is 0 Å². The van der Waals surface area contributed by atoms with Gasteiger partial charge in [0, 0.05) is 0 Å². The van der Waals surface area contributed by atoms with Crippen molar-refractivity contribution in [1.29, 1.82) is 5.26 Å². The molecule has 0 radical (unpaired) electrons. The fourth-order valence-corrected chi connectivity index (χ4v) is 2.45. The number of carbonyl (C=O) groups excluding carboxylic acids is 1. The Bertz CT molecular complexity index is 838. The van der Waals surface area contributed by atoms with Gasteiger partial charge in [0.25, 0.3) is 5.91 Å². The lowest BCUT2D eigenvalue weighted by molar-refractivity contribution is -0.112. The Balaban J connectivity index is 2.27. The highest BCUT2D eigenvalue weighted by Crippen LogP contribution is 2.36. The van der Waals surface area contributed by atoms with E-state index in [1.165, 1.54) is 36.7 Å². The molecule has 0 spiro atoms. The van der Waals surface area contributed by atoms with Gasteiger partial charge < -0.3 is 14.9 Å². The molecule has 0 bridgehead atoms. The van der Waals surface area contributed by atoms with Gasteiger partial charge in [-0.05, 0) is 30.2 Å². The number of aromatic hydroxyl groups is 2. The molecule has 0 atom stereocenters. The Morgan fingerprint density at radius 1 is 1.46 bits per heavy atom. The Labute approximate surface area is 141 Å². The van der Waals surface area contributed by atoms with Crippen LogP contribution in [0.15, 0.2) is 17.7 Å². The minimum absolute atomic E-state index is 0.0238. The monoisotopic (exact) mass is 346 g/mol. The highest BCUT2D eigenvalue weighted by Gasteiger charge is 2.14. The second-order valence-electron chi connectivity index (χ2n) is 4.57. The van der Waals surface area contributed by atoms with Crippen LogP contribution in [0, 0.1) is 11.3 Å². The van der Waals surface area contributed by atoms with Gasteiger partial charge in [-0.3, -0.25) is 10.1 Å². The lowest BCUT2D eigenvalue weighted by Crippen LogP contribution is -2.13. The molecule has 9 heteroatoms. The van der Waals surface area contributed by atoms with Crippen LogP contribution in [0.5, 0.6) is 17.2 Å². The number of nitrogens with zero attached hydrogens (tertiary/aromatic N) is 3. The fourth-order valence-electron chi connectivity index (χ4n) is 1.78. The number of phenolic OH excluding ortho intramolecular Hbond substituents is 2. The van der Waals surface area contributed by atoms with Crippen molar-refractivity contribution in [2.75, 3.05) is 12.4 Å². The fraction of sp³-hybridized carbons (Fsp3) is 0.200. The van der Waals surface area contributed by atoms with Crippen molar-refractivity contribution < 1.29 is 19.7 Å². The van der Waals surface area contributed by atoms with Gasteiger partial charge in [0.1, 0.15) is 16.6 Å². The number of methoxy groups -OCH3 is 1. The van der Waals surface area contributed by atoms with Crippen molar-refractivity contribution in [1.82, 2.24) is 10.2 Å². The van der Waals surface area contributed by atoms with Crippen LogP contribution < -0.4 is 10.1 Å². The number of carbonyl (C=O) groups is 1. The first-order chi connectivity index (χ1) is 11.5. The largest absolute Gasteiger partial charge is 0.504 e. The van der Waals surface area contributed by atoms with Gasteiger partial charge >= 0.3 is 0 Å². The number of aromatic nitrogens is 2. The number of nitriles is 1. The van der Waals surface area contributed by atoms with E-state index >= 15 is 0 Å². The number of nitrogens with one attached hydrogen (secondary N) is 1. The zero-order valence-electron chi connectivity index (χ0n) is 12.9. The van der Waals surface area contributed by atoms with E-state index in [4.69, 9.17) is 4.74 Å². The van der Waals surface area contributed by atoms with E-state index in [0.29, 0.717) is 17.1 Å². The number of amides is 1. The van der Waals surface area contributed by atoms with Crippen LogP contribution in [-0.2, 0) is 11.2 Å². The Hall–Kier alpha value is -3.12. The average molecular weight is 346 g/mol. The summed E-state index contributed by atoms with van der Waals surface area (Å²) in [5.41, 5.74) is 0.121. The smallest absolute Gasteiger partial charge is 0.268 e. The molecule has 0 aliphatic heterocycles. The molecule has 3 N–H and O–H groups in total. The summed E-state index contributed by atoms with van der Waals surface area (Å²) in [5.74, 6) is -1.47. The van der Waals surface area contributed by atoms with E-state index in [0.717, 1.165) is 5.01 Å². The third-order valence-electron chi connectivity index (χ3n) is 2.96. The Kier molecular flexibility index (Phi) is 5.34. The first kappa shape index (κ1) is 17.2. The number of rotatable bonds is 5. The van der Waals surface area contributed by atoms with E-state index in [1.54, 1.807) is 6.07 Å². The van der Waals surface area contributed by atoms with Gasteiger partial charge in [-0.25, -0.2) is 0 Å². The van der Waals surface area contributed by atoms with Crippen molar-refractivity contribution in [2.45, 2.75) is 13.3 Å². The number of hydrogen-bond donors (Lipinski definition) is 3. The molecule has 8 nitrogen and oxygen atoms in total. The molecule has 2 rings (SSSR count). The van der Waals surface area contributed by atoms with E-state index in [-0.39, 0.29) is 11.3 Å². The quantitative estimate of drug-likeness (QED) is 0.429. The average Bonchev–Trinajstić information content (AvgIpc) is 3.02. The summed E-state index contributed by atoms with van der Waals surface area (Å²) in [4.78, 5) is 12.1. The number of phenols is 2. The summed E-state index contributed by atoms with van der Waals surface area (Å²) >= 11 is 1.22. The molecule has 0 unspecified atom stereocenters. The predicted octanol–water partition coefficient (Wildman–Crippen LogP) is 2.07. The van der Waals surface area contributed by atoms with Crippen LogP contribution in [-0.4, -0.2) is 33.4 Å². The molecule has 2 aromatic rings. The van der Waals surface area contributed by atoms with Crippen molar-refractivity contribution in [3.8, 4) is 23.3 Å². The molecule has 1 aromatic carbocycles. The minimum atomic E-state index is -0.650. The summed E-state index contributed by atoms with van der Waals surface area (Å²) in [5, 5.41) is 39.7. The van der Waals surface area contributed by atoms with E-state index < -0.39 is 17.4 Å². The number of aryl methyl sites for hydroxylation is 1. The number of benzene rings is 1. The summed E-state index contributed by atoms with van der Waals surface area (Å²) in [6.45, 7) is 1.91. The Morgan fingerprint density at radius 3 is 2.79 bits per heavy atom. The van der Waals surface area contributed by atoms with E-state index in [1.807, 2.05) is 6.92 Å². The van der Waals surface area contributed by atoms with Crippen molar-refractivity contribution in [2.24, 2.45) is 0 Å². The molecule has 0 aliphatic carbocycles. The zero-order chi connectivity index (χ0) is 17.7. The second kappa shape index (κ2) is 7.43. The third kappa shape index (κ3) is 3.80. The summed E-state index contributed by atoms with van der Waals surface area (Å²) in [6, 6.07) is 4.38. The normalized spacial score (nSPS) is 11.0. The van der Waals surface area contributed by atoms with Gasteiger partial charge in [-0.2, -0.15) is 5.26 Å². The van der Waals surface area contributed by atoms with Crippen molar-refractivity contribution >= 4 is 28.5 Å². The van der Waals surface area contributed by atoms with Crippen molar-refractivity contribution in [3.05, 3.63) is 28.3 Å². The van der Waals surface area contributed by atoms with Crippen LogP contribution in [0.1, 0.15) is 17.5 Å². The van der Waals surface area contributed by atoms with Gasteiger partial charge in [0.05, 0.1) is 7.11 Å². The summed E-state index contributed by atoms with van der Waals surface area (Å²) in [7, 11) is 1.32. The van der Waals surface area contributed by atoms with Crippen LogP contribution in [0.25, 0.3) is 6.08 Å². The molecular formula is C15H14N4O4S. The maximum absolute atomic E-state index is 12.1. The first-order valence-corrected chi connectivity index (χ1v) is 7.65. The van der Waals surface area contributed by atoms with Gasteiger partial charge in [0.2, 0.25) is 10.9 Å². The molecule has 124 valence electrons. The topological polar surface area (TPSA) is 128 Å². The summed E-state index contributed by atoms with van der Waals surface area (Å²) < 4.78 is 4.91. The predicted molar refractivity (Wildman–Crippen MR) is 87.8 cm³/mol. The van der Waals surface area contributed by atoms with Crippen molar-refractivity contribution in [3.63, 3.8) is 0 Å². The Morgan fingerprint density at radius 2 is 2.21 bits per heavy atom. The number of ether oxygens (including phenoxy) is 1. The third-order valence-corrected chi connectivity index (χ3v) is 3.95. The number of hydrogen-bond acceptors (Lipinski definition) is 8. The highest BCUT2D eigenvalue weighted by atomic mass is 32.1. The molecule has 24 heavy (non-hydrogen) atoms. The van der Waals surface area contributed by atoms with E-state index in [2.05, 4.69) is 15.5 Å².